The largest absolute Gasteiger partial charge is 0.497 e. The summed E-state index contributed by atoms with van der Waals surface area (Å²) in [5, 5.41) is 12.8. The van der Waals surface area contributed by atoms with Gasteiger partial charge in [0.1, 0.15) is 5.75 Å². The van der Waals surface area contributed by atoms with Crippen LogP contribution in [0.2, 0.25) is 0 Å². The molecule has 0 heterocycles. The van der Waals surface area contributed by atoms with Gasteiger partial charge in [-0.05, 0) is 37.1 Å². The van der Waals surface area contributed by atoms with E-state index < -0.39 is 0 Å². The molecule has 0 radical (unpaired) electrons. The van der Waals surface area contributed by atoms with Crippen molar-refractivity contribution in [3.05, 3.63) is 24.3 Å². The number of hydrogen-bond acceptors (Lipinski definition) is 4. The van der Waals surface area contributed by atoms with E-state index in [1.165, 1.54) is 12.8 Å². The van der Waals surface area contributed by atoms with Gasteiger partial charge in [-0.3, -0.25) is 0 Å². The maximum Gasteiger partial charge on any atom is 0.119 e. The smallest absolute Gasteiger partial charge is 0.119 e. The van der Waals surface area contributed by atoms with Crippen molar-refractivity contribution < 1.29 is 9.84 Å². The first-order valence-corrected chi connectivity index (χ1v) is 6.45. The maximum absolute atomic E-state index is 9.37. The fraction of sp³-hybridized carbons (Fsp3) is 0.571. The number of benzene rings is 1. The molecular weight excluding hydrogens is 228 g/mol. The highest BCUT2D eigenvalue weighted by atomic mass is 16.5. The van der Waals surface area contributed by atoms with Gasteiger partial charge in [-0.1, -0.05) is 0 Å². The highest BCUT2D eigenvalue weighted by Crippen LogP contribution is 2.21. The number of rotatable bonds is 7. The Balaban J connectivity index is 1.89. The van der Waals surface area contributed by atoms with E-state index in [0.29, 0.717) is 6.04 Å². The predicted molar refractivity (Wildman–Crippen MR) is 73.3 cm³/mol. The van der Waals surface area contributed by atoms with Crippen molar-refractivity contribution >= 4 is 5.69 Å². The molecule has 0 aliphatic heterocycles. The molecule has 2 rings (SSSR count). The molecule has 1 aromatic rings. The molecule has 0 amide bonds. The number of aliphatic hydroxyl groups is 1. The monoisotopic (exact) mass is 250 g/mol. The molecule has 0 bridgehead atoms. The van der Waals surface area contributed by atoms with E-state index in [1.54, 1.807) is 7.11 Å². The first-order chi connectivity index (χ1) is 8.72. The van der Waals surface area contributed by atoms with Crippen LogP contribution >= 0.6 is 0 Å². The van der Waals surface area contributed by atoms with Crippen LogP contribution in [0.1, 0.15) is 12.8 Å². The van der Waals surface area contributed by atoms with Crippen LogP contribution in [-0.4, -0.2) is 44.5 Å². The minimum absolute atomic E-state index is 0.143. The van der Waals surface area contributed by atoms with E-state index in [0.717, 1.165) is 18.0 Å². The number of likely N-dealkylation sites (N-methyl/N-ethyl adjacent to an activating group) is 1. The van der Waals surface area contributed by atoms with Gasteiger partial charge < -0.3 is 20.1 Å². The van der Waals surface area contributed by atoms with E-state index in [1.807, 2.05) is 31.3 Å². The molecular formula is C14H22N2O2. The van der Waals surface area contributed by atoms with Crippen molar-refractivity contribution in [1.82, 2.24) is 5.32 Å². The zero-order valence-corrected chi connectivity index (χ0v) is 11.1. The van der Waals surface area contributed by atoms with Crippen LogP contribution in [0.5, 0.6) is 5.75 Å². The number of methoxy groups -OCH3 is 1. The van der Waals surface area contributed by atoms with Crippen LogP contribution in [0.4, 0.5) is 5.69 Å². The second kappa shape index (κ2) is 6.07. The Morgan fingerprint density at radius 1 is 1.39 bits per heavy atom. The van der Waals surface area contributed by atoms with Gasteiger partial charge in [-0.2, -0.15) is 0 Å². The Morgan fingerprint density at radius 3 is 2.56 bits per heavy atom. The number of anilines is 1. The summed E-state index contributed by atoms with van der Waals surface area (Å²) in [7, 11) is 3.71. The standard InChI is InChI=1S/C14H22N2O2/c1-16(9-12(10-17)15-11-3-4-11)13-5-7-14(18-2)8-6-13/h5-8,11-12,15,17H,3-4,9-10H2,1-2H3. The van der Waals surface area contributed by atoms with Gasteiger partial charge in [0.25, 0.3) is 0 Å². The average molecular weight is 250 g/mol. The van der Waals surface area contributed by atoms with Crippen molar-refractivity contribution in [3.63, 3.8) is 0 Å². The predicted octanol–water partition coefficient (Wildman–Crippen LogP) is 1.24. The van der Waals surface area contributed by atoms with Gasteiger partial charge in [0.2, 0.25) is 0 Å². The highest BCUT2D eigenvalue weighted by molar-refractivity contribution is 5.48. The van der Waals surface area contributed by atoms with E-state index in [-0.39, 0.29) is 12.6 Å². The first-order valence-electron chi connectivity index (χ1n) is 6.45. The molecule has 1 aromatic carbocycles. The van der Waals surface area contributed by atoms with Gasteiger partial charge in [0.15, 0.2) is 0 Å². The molecule has 18 heavy (non-hydrogen) atoms. The number of nitrogens with zero attached hydrogens (tertiary/aromatic N) is 1. The molecule has 1 aliphatic carbocycles. The third-order valence-electron chi connectivity index (χ3n) is 3.28. The van der Waals surface area contributed by atoms with Crippen molar-refractivity contribution in [3.8, 4) is 5.75 Å². The lowest BCUT2D eigenvalue weighted by molar-refractivity contribution is 0.243. The fourth-order valence-corrected chi connectivity index (χ4v) is 2.02. The van der Waals surface area contributed by atoms with Gasteiger partial charge in [-0.15, -0.1) is 0 Å². The van der Waals surface area contributed by atoms with E-state index >= 15 is 0 Å². The number of hydrogen-bond donors (Lipinski definition) is 2. The molecule has 1 saturated carbocycles. The van der Waals surface area contributed by atoms with Crippen molar-refractivity contribution in [2.75, 3.05) is 32.2 Å². The number of nitrogens with one attached hydrogen (secondary N) is 1. The van der Waals surface area contributed by atoms with Gasteiger partial charge in [0, 0.05) is 31.4 Å². The quantitative estimate of drug-likeness (QED) is 0.764. The summed E-state index contributed by atoms with van der Waals surface area (Å²) < 4.78 is 5.14. The van der Waals surface area contributed by atoms with Gasteiger partial charge >= 0.3 is 0 Å². The molecule has 1 fully saturated rings. The van der Waals surface area contributed by atoms with Crippen LogP contribution in [0.25, 0.3) is 0 Å². The summed E-state index contributed by atoms with van der Waals surface area (Å²) >= 11 is 0. The molecule has 1 atom stereocenters. The van der Waals surface area contributed by atoms with Crippen LogP contribution in [0.15, 0.2) is 24.3 Å². The Labute approximate surface area is 109 Å². The van der Waals surface area contributed by atoms with E-state index in [2.05, 4.69) is 10.2 Å². The summed E-state index contributed by atoms with van der Waals surface area (Å²) in [4.78, 5) is 2.15. The Hall–Kier alpha value is -1.26. The lowest BCUT2D eigenvalue weighted by Crippen LogP contribution is -2.43. The minimum Gasteiger partial charge on any atom is -0.497 e. The Bertz CT molecular complexity index is 363. The summed E-state index contributed by atoms with van der Waals surface area (Å²) in [6.45, 7) is 0.982. The first kappa shape index (κ1) is 13.2. The molecule has 0 aromatic heterocycles. The molecule has 0 saturated heterocycles. The molecule has 0 spiro atoms. The van der Waals surface area contributed by atoms with Crippen LogP contribution < -0.4 is 15.0 Å². The maximum atomic E-state index is 9.37. The van der Waals surface area contributed by atoms with Gasteiger partial charge in [0.05, 0.1) is 13.7 Å². The third kappa shape index (κ3) is 3.62. The normalized spacial score (nSPS) is 16.4. The second-order valence-electron chi connectivity index (χ2n) is 4.90. The van der Waals surface area contributed by atoms with Crippen molar-refractivity contribution in [1.29, 1.82) is 0 Å². The summed E-state index contributed by atoms with van der Waals surface area (Å²) in [6.07, 6.45) is 2.48. The molecule has 2 N–H and O–H groups in total. The second-order valence-corrected chi connectivity index (χ2v) is 4.90. The molecule has 4 heteroatoms. The topological polar surface area (TPSA) is 44.7 Å². The summed E-state index contributed by atoms with van der Waals surface area (Å²) in [5.41, 5.74) is 1.13. The number of aliphatic hydroxyl groups excluding tert-OH is 1. The summed E-state index contributed by atoms with van der Waals surface area (Å²) in [5.74, 6) is 0.863. The third-order valence-corrected chi connectivity index (χ3v) is 3.28. The fourth-order valence-electron chi connectivity index (χ4n) is 2.02. The van der Waals surface area contributed by atoms with Crippen LogP contribution in [-0.2, 0) is 0 Å². The van der Waals surface area contributed by atoms with Crippen LogP contribution in [0.3, 0.4) is 0 Å². The lowest BCUT2D eigenvalue weighted by atomic mass is 10.2. The lowest BCUT2D eigenvalue weighted by Gasteiger charge is -2.25. The van der Waals surface area contributed by atoms with Crippen molar-refractivity contribution in [2.45, 2.75) is 24.9 Å². The highest BCUT2D eigenvalue weighted by Gasteiger charge is 2.24. The summed E-state index contributed by atoms with van der Waals surface area (Å²) in [6, 6.07) is 8.73. The van der Waals surface area contributed by atoms with Crippen molar-refractivity contribution in [2.24, 2.45) is 0 Å². The molecule has 1 aliphatic rings. The van der Waals surface area contributed by atoms with Crippen LogP contribution in [0, 0.1) is 0 Å². The zero-order chi connectivity index (χ0) is 13.0. The number of ether oxygens (including phenoxy) is 1. The molecule has 100 valence electrons. The van der Waals surface area contributed by atoms with E-state index in [9.17, 15) is 5.11 Å². The Morgan fingerprint density at radius 2 is 2.06 bits per heavy atom. The minimum atomic E-state index is 0.143. The average Bonchev–Trinajstić information content (AvgIpc) is 3.22. The SMILES string of the molecule is COc1ccc(N(C)CC(CO)NC2CC2)cc1. The van der Waals surface area contributed by atoms with Gasteiger partial charge in [-0.25, -0.2) is 0 Å². The molecule has 1 unspecified atom stereocenters. The Kier molecular flexibility index (Phi) is 4.44. The zero-order valence-electron chi connectivity index (χ0n) is 11.1. The van der Waals surface area contributed by atoms with E-state index in [4.69, 9.17) is 4.74 Å². The molecule has 4 nitrogen and oxygen atoms in total.